The van der Waals surface area contributed by atoms with Gasteiger partial charge in [0.1, 0.15) is 6.61 Å². The van der Waals surface area contributed by atoms with Gasteiger partial charge in [-0.25, -0.2) is 9.79 Å². The Balaban J connectivity index is 1.58. The summed E-state index contributed by atoms with van der Waals surface area (Å²) in [5.41, 5.74) is 3.63. The van der Waals surface area contributed by atoms with E-state index in [9.17, 15) is 4.79 Å². The Kier molecular flexibility index (Phi) is 7.02. The fraction of sp³-hybridized carbons (Fsp3) is 0.154. The first-order valence-corrected chi connectivity index (χ1v) is 11.1. The standard InChI is InChI=1S/C26H21Cl2NO4/c1-3-31-24-13-17(8-11-23(24)32-15-18-7-5-4-6-16(18)2)12-22-26(30)33-25(29-22)20-10-9-19(27)14-21(20)28/h4-14H,3,15H2,1-2H3. The number of nitrogens with zero attached hydrogens (tertiary/aromatic N) is 1. The van der Waals surface area contributed by atoms with E-state index in [1.807, 2.05) is 50.2 Å². The van der Waals surface area contributed by atoms with Crippen molar-refractivity contribution in [3.8, 4) is 11.5 Å². The highest BCUT2D eigenvalue weighted by atomic mass is 35.5. The number of cyclic esters (lactones) is 1. The highest BCUT2D eigenvalue weighted by molar-refractivity contribution is 6.37. The summed E-state index contributed by atoms with van der Waals surface area (Å²) in [5, 5.41) is 0.835. The molecule has 0 spiro atoms. The molecule has 33 heavy (non-hydrogen) atoms. The van der Waals surface area contributed by atoms with Crippen LogP contribution in [0.3, 0.4) is 0 Å². The predicted octanol–water partition coefficient (Wildman–Crippen LogP) is 6.62. The first kappa shape index (κ1) is 22.9. The Morgan fingerprint density at radius 1 is 1.00 bits per heavy atom. The van der Waals surface area contributed by atoms with Crippen LogP contribution < -0.4 is 9.47 Å². The number of halogens is 2. The molecule has 0 fully saturated rings. The molecular weight excluding hydrogens is 461 g/mol. The molecule has 0 aliphatic carbocycles. The second kappa shape index (κ2) is 10.1. The van der Waals surface area contributed by atoms with Gasteiger partial charge >= 0.3 is 5.97 Å². The van der Waals surface area contributed by atoms with Gasteiger partial charge in [-0.3, -0.25) is 0 Å². The van der Waals surface area contributed by atoms with E-state index >= 15 is 0 Å². The molecule has 1 aliphatic rings. The summed E-state index contributed by atoms with van der Waals surface area (Å²) in [5.74, 6) is 0.773. The Morgan fingerprint density at radius 3 is 2.58 bits per heavy atom. The number of hydrogen-bond donors (Lipinski definition) is 0. The topological polar surface area (TPSA) is 57.1 Å². The van der Waals surface area contributed by atoms with E-state index in [-0.39, 0.29) is 11.6 Å². The molecule has 4 rings (SSSR count). The fourth-order valence-corrected chi connectivity index (χ4v) is 3.76. The molecule has 0 amide bonds. The van der Waals surface area contributed by atoms with E-state index in [4.69, 9.17) is 37.4 Å². The van der Waals surface area contributed by atoms with Gasteiger partial charge in [-0.1, -0.05) is 53.5 Å². The van der Waals surface area contributed by atoms with Crippen molar-refractivity contribution in [2.75, 3.05) is 6.61 Å². The van der Waals surface area contributed by atoms with E-state index in [1.165, 1.54) is 0 Å². The summed E-state index contributed by atoms with van der Waals surface area (Å²) >= 11 is 12.2. The van der Waals surface area contributed by atoms with Gasteiger partial charge in [0.2, 0.25) is 5.90 Å². The lowest BCUT2D eigenvalue weighted by atomic mass is 10.1. The molecule has 1 aliphatic heterocycles. The molecule has 0 saturated heterocycles. The van der Waals surface area contributed by atoms with Crippen LogP contribution in [-0.2, 0) is 16.1 Å². The maximum atomic E-state index is 12.4. The van der Waals surface area contributed by atoms with Crippen molar-refractivity contribution < 1.29 is 19.0 Å². The molecule has 5 nitrogen and oxygen atoms in total. The van der Waals surface area contributed by atoms with Crippen molar-refractivity contribution >= 4 is 41.1 Å². The number of aliphatic imine (C=N–C) groups is 1. The first-order valence-electron chi connectivity index (χ1n) is 10.4. The summed E-state index contributed by atoms with van der Waals surface area (Å²) in [6.45, 7) is 4.84. The molecule has 0 saturated carbocycles. The minimum atomic E-state index is -0.561. The summed E-state index contributed by atoms with van der Waals surface area (Å²) in [7, 11) is 0. The number of ether oxygens (including phenoxy) is 3. The highest BCUT2D eigenvalue weighted by Crippen LogP contribution is 2.32. The number of carbonyl (C=O) groups is 1. The third kappa shape index (κ3) is 5.38. The lowest BCUT2D eigenvalue weighted by Gasteiger charge is -2.13. The zero-order valence-corrected chi connectivity index (χ0v) is 19.6. The molecule has 3 aromatic rings. The van der Waals surface area contributed by atoms with Crippen molar-refractivity contribution in [3.05, 3.63) is 98.7 Å². The van der Waals surface area contributed by atoms with Crippen LogP contribution in [-0.4, -0.2) is 18.5 Å². The molecule has 168 valence electrons. The molecule has 0 unspecified atom stereocenters. The van der Waals surface area contributed by atoms with Crippen LogP contribution >= 0.6 is 23.2 Å². The van der Waals surface area contributed by atoms with Gasteiger partial charge in [0, 0.05) is 5.02 Å². The fourth-order valence-electron chi connectivity index (χ4n) is 3.27. The van der Waals surface area contributed by atoms with E-state index in [0.717, 1.165) is 16.7 Å². The van der Waals surface area contributed by atoms with Crippen LogP contribution in [0.4, 0.5) is 0 Å². The molecule has 0 atom stereocenters. The molecule has 3 aromatic carbocycles. The lowest BCUT2D eigenvalue weighted by molar-refractivity contribution is -0.129. The molecule has 1 heterocycles. The van der Waals surface area contributed by atoms with E-state index in [0.29, 0.717) is 40.3 Å². The number of carbonyl (C=O) groups excluding carboxylic acids is 1. The van der Waals surface area contributed by atoms with Crippen molar-refractivity contribution in [3.63, 3.8) is 0 Å². The normalized spacial score (nSPS) is 14.2. The molecular formula is C26H21Cl2NO4. The highest BCUT2D eigenvalue weighted by Gasteiger charge is 2.26. The minimum Gasteiger partial charge on any atom is -0.490 e. The van der Waals surface area contributed by atoms with Crippen molar-refractivity contribution in [2.45, 2.75) is 20.5 Å². The van der Waals surface area contributed by atoms with Crippen LogP contribution in [0, 0.1) is 6.92 Å². The largest absolute Gasteiger partial charge is 0.490 e. The SMILES string of the molecule is CCOc1cc(C=C2N=C(c3ccc(Cl)cc3Cl)OC2=O)ccc1OCc1ccccc1C. The van der Waals surface area contributed by atoms with Crippen LogP contribution in [0.5, 0.6) is 11.5 Å². The molecule has 0 N–H and O–H groups in total. The molecule has 0 radical (unpaired) electrons. The monoisotopic (exact) mass is 481 g/mol. The quantitative estimate of drug-likeness (QED) is 0.280. The zero-order chi connectivity index (χ0) is 23.4. The van der Waals surface area contributed by atoms with Crippen molar-refractivity contribution in [1.82, 2.24) is 0 Å². The molecule has 0 aromatic heterocycles. The molecule has 7 heteroatoms. The van der Waals surface area contributed by atoms with Gasteiger partial charge in [-0.05, 0) is 66.9 Å². The number of aryl methyl sites for hydroxylation is 1. The Hall–Kier alpha value is -3.28. The molecule has 0 bridgehead atoms. The maximum absolute atomic E-state index is 12.4. The zero-order valence-electron chi connectivity index (χ0n) is 18.1. The second-order valence-electron chi connectivity index (χ2n) is 7.31. The van der Waals surface area contributed by atoms with Crippen molar-refractivity contribution in [2.24, 2.45) is 4.99 Å². The average molecular weight is 482 g/mol. The number of hydrogen-bond acceptors (Lipinski definition) is 5. The van der Waals surface area contributed by atoms with Gasteiger partial charge in [0.05, 0.1) is 17.2 Å². The van der Waals surface area contributed by atoms with Crippen molar-refractivity contribution in [1.29, 1.82) is 0 Å². The van der Waals surface area contributed by atoms with Gasteiger partial charge < -0.3 is 14.2 Å². The van der Waals surface area contributed by atoms with Crippen LogP contribution in [0.1, 0.15) is 29.2 Å². The average Bonchev–Trinajstić information content (AvgIpc) is 3.14. The summed E-state index contributed by atoms with van der Waals surface area (Å²) < 4.78 is 17.1. The maximum Gasteiger partial charge on any atom is 0.363 e. The van der Waals surface area contributed by atoms with Gasteiger partial charge in [-0.2, -0.15) is 0 Å². The van der Waals surface area contributed by atoms with Crippen LogP contribution in [0.25, 0.3) is 6.08 Å². The van der Waals surface area contributed by atoms with E-state index in [2.05, 4.69) is 4.99 Å². The number of esters is 1. The van der Waals surface area contributed by atoms with E-state index in [1.54, 1.807) is 30.3 Å². The third-order valence-corrected chi connectivity index (χ3v) is 5.55. The second-order valence-corrected chi connectivity index (χ2v) is 8.16. The van der Waals surface area contributed by atoms with Gasteiger partial charge in [0.15, 0.2) is 17.2 Å². The van der Waals surface area contributed by atoms with Gasteiger partial charge in [0.25, 0.3) is 0 Å². The van der Waals surface area contributed by atoms with Crippen LogP contribution in [0.15, 0.2) is 71.4 Å². The summed E-state index contributed by atoms with van der Waals surface area (Å²) in [4.78, 5) is 16.7. The lowest BCUT2D eigenvalue weighted by Crippen LogP contribution is -2.06. The van der Waals surface area contributed by atoms with E-state index < -0.39 is 5.97 Å². The first-order chi connectivity index (χ1) is 15.9. The van der Waals surface area contributed by atoms with Crippen LogP contribution in [0.2, 0.25) is 10.0 Å². The Bertz CT molecular complexity index is 1270. The Labute approximate surface area is 202 Å². The Morgan fingerprint density at radius 2 is 1.82 bits per heavy atom. The minimum absolute atomic E-state index is 0.135. The number of rotatable bonds is 7. The van der Waals surface area contributed by atoms with Gasteiger partial charge in [-0.15, -0.1) is 0 Å². The summed E-state index contributed by atoms with van der Waals surface area (Å²) in [6.07, 6.45) is 1.63. The number of benzene rings is 3. The third-order valence-electron chi connectivity index (χ3n) is 5.00. The predicted molar refractivity (Wildman–Crippen MR) is 130 cm³/mol. The smallest absolute Gasteiger partial charge is 0.363 e. The summed E-state index contributed by atoms with van der Waals surface area (Å²) in [6, 6.07) is 18.4.